The van der Waals surface area contributed by atoms with Gasteiger partial charge in [0.15, 0.2) is 0 Å². The Hall–Kier alpha value is -3.71. The van der Waals surface area contributed by atoms with Crippen LogP contribution in [-0.2, 0) is 27.4 Å². The number of esters is 2. The lowest BCUT2D eigenvalue weighted by Crippen LogP contribution is -2.39. The molecule has 1 fully saturated rings. The standard InChI is InChI=1S/C29H32N2O5/c1-2-35-28(33)25-14-17-30(18-15-25)19-20-31-16-6-9-26(27(31)32)23-10-12-24(13-11-23)29(34)36-21-22-7-4-3-5-8-22/h3-13,16,25H,2,14-15,17-21H2,1H3. The van der Waals surface area contributed by atoms with Crippen LogP contribution in [0.2, 0.25) is 0 Å². The van der Waals surface area contributed by atoms with Crippen molar-refractivity contribution in [2.24, 2.45) is 5.92 Å². The molecule has 3 aromatic rings. The van der Waals surface area contributed by atoms with E-state index in [1.165, 1.54) is 0 Å². The molecule has 0 radical (unpaired) electrons. The molecule has 0 N–H and O–H groups in total. The number of likely N-dealkylation sites (tertiary alicyclic amines) is 1. The first-order valence-corrected chi connectivity index (χ1v) is 12.4. The molecule has 0 saturated carbocycles. The average molecular weight is 489 g/mol. The third-order valence-electron chi connectivity index (χ3n) is 6.53. The van der Waals surface area contributed by atoms with Gasteiger partial charge in [0, 0.05) is 24.8 Å². The van der Waals surface area contributed by atoms with Gasteiger partial charge in [-0.2, -0.15) is 0 Å². The lowest BCUT2D eigenvalue weighted by molar-refractivity contribution is -0.149. The molecule has 4 rings (SSSR count). The van der Waals surface area contributed by atoms with Crippen LogP contribution in [0.1, 0.15) is 35.7 Å². The summed E-state index contributed by atoms with van der Waals surface area (Å²) in [6.45, 7) is 5.41. The molecule has 1 aliphatic rings. The Bertz CT molecular complexity index is 1210. The number of carbonyl (C=O) groups is 2. The quantitative estimate of drug-likeness (QED) is 0.421. The van der Waals surface area contributed by atoms with Gasteiger partial charge in [-0.05, 0) is 68.2 Å². The van der Waals surface area contributed by atoms with Gasteiger partial charge in [-0.15, -0.1) is 0 Å². The minimum atomic E-state index is -0.400. The van der Waals surface area contributed by atoms with Gasteiger partial charge in [0.2, 0.25) is 0 Å². The summed E-state index contributed by atoms with van der Waals surface area (Å²) in [6.07, 6.45) is 3.37. The van der Waals surface area contributed by atoms with Gasteiger partial charge in [-0.3, -0.25) is 9.59 Å². The van der Waals surface area contributed by atoms with Crippen molar-refractivity contribution < 1.29 is 19.1 Å². The molecule has 0 spiro atoms. The minimum absolute atomic E-state index is 0.0224. The second kappa shape index (κ2) is 12.3. The van der Waals surface area contributed by atoms with Crippen molar-refractivity contribution in [2.75, 3.05) is 26.2 Å². The van der Waals surface area contributed by atoms with Crippen molar-refractivity contribution in [3.05, 3.63) is 94.4 Å². The van der Waals surface area contributed by atoms with Gasteiger partial charge < -0.3 is 18.9 Å². The number of benzene rings is 2. The minimum Gasteiger partial charge on any atom is -0.466 e. The maximum absolute atomic E-state index is 13.1. The fourth-order valence-corrected chi connectivity index (χ4v) is 4.43. The molecular formula is C29H32N2O5. The highest BCUT2D eigenvalue weighted by molar-refractivity contribution is 5.90. The summed E-state index contributed by atoms with van der Waals surface area (Å²) in [7, 11) is 0. The van der Waals surface area contributed by atoms with Crippen molar-refractivity contribution in [1.29, 1.82) is 0 Å². The molecule has 188 valence electrons. The topological polar surface area (TPSA) is 77.8 Å². The largest absolute Gasteiger partial charge is 0.466 e. The first-order valence-electron chi connectivity index (χ1n) is 12.4. The predicted molar refractivity (Wildman–Crippen MR) is 137 cm³/mol. The van der Waals surface area contributed by atoms with Crippen LogP contribution in [0.5, 0.6) is 0 Å². The maximum Gasteiger partial charge on any atom is 0.338 e. The Morgan fingerprint density at radius 3 is 2.31 bits per heavy atom. The Balaban J connectivity index is 1.33. The fourth-order valence-electron chi connectivity index (χ4n) is 4.43. The number of hydrogen-bond donors (Lipinski definition) is 0. The molecule has 0 atom stereocenters. The molecule has 36 heavy (non-hydrogen) atoms. The van der Waals surface area contributed by atoms with E-state index >= 15 is 0 Å². The molecular weight excluding hydrogens is 456 g/mol. The number of hydrogen-bond acceptors (Lipinski definition) is 6. The fraction of sp³-hybridized carbons (Fsp3) is 0.345. The molecule has 7 nitrogen and oxygen atoms in total. The zero-order valence-electron chi connectivity index (χ0n) is 20.6. The van der Waals surface area contributed by atoms with Crippen LogP contribution in [0.3, 0.4) is 0 Å². The van der Waals surface area contributed by atoms with Gasteiger partial charge in [0.1, 0.15) is 6.61 Å². The van der Waals surface area contributed by atoms with E-state index in [2.05, 4.69) is 4.90 Å². The van der Waals surface area contributed by atoms with Gasteiger partial charge in [0.25, 0.3) is 5.56 Å². The lowest BCUT2D eigenvalue weighted by Gasteiger charge is -2.30. The average Bonchev–Trinajstić information content (AvgIpc) is 2.92. The molecule has 7 heteroatoms. The zero-order chi connectivity index (χ0) is 25.3. The van der Waals surface area contributed by atoms with Crippen LogP contribution in [0.25, 0.3) is 11.1 Å². The van der Waals surface area contributed by atoms with Gasteiger partial charge in [0.05, 0.1) is 18.1 Å². The van der Waals surface area contributed by atoms with Crippen molar-refractivity contribution in [2.45, 2.75) is 32.9 Å². The predicted octanol–water partition coefficient (Wildman–Crippen LogP) is 4.15. The highest BCUT2D eigenvalue weighted by Crippen LogP contribution is 2.19. The first-order chi connectivity index (χ1) is 17.5. The highest BCUT2D eigenvalue weighted by atomic mass is 16.5. The summed E-state index contributed by atoms with van der Waals surface area (Å²) in [6, 6.07) is 20.1. The van der Waals surface area contributed by atoms with Crippen molar-refractivity contribution >= 4 is 11.9 Å². The number of piperidine rings is 1. The zero-order valence-corrected chi connectivity index (χ0v) is 20.6. The Kier molecular flexibility index (Phi) is 8.68. The summed E-state index contributed by atoms with van der Waals surface area (Å²) < 4.78 is 12.2. The van der Waals surface area contributed by atoms with Crippen LogP contribution in [0.15, 0.2) is 77.7 Å². The number of aromatic nitrogens is 1. The van der Waals surface area contributed by atoms with Crippen LogP contribution < -0.4 is 5.56 Å². The second-order valence-corrected chi connectivity index (χ2v) is 8.93. The third-order valence-corrected chi connectivity index (χ3v) is 6.53. The number of carbonyl (C=O) groups excluding carboxylic acids is 2. The molecule has 2 aromatic carbocycles. The Labute approximate surface area is 211 Å². The van der Waals surface area contributed by atoms with E-state index in [1.807, 2.05) is 43.3 Å². The normalized spacial score (nSPS) is 14.4. The highest BCUT2D eigenvalue weighted by Gasteiger charge is 2.25. The molecule has 0 bridgehead atoms. The van der Waals surface area contributed by atoms with Gasteiger partial charge >= 0.3 is 11.9 Å². The summed E-state index contributed by atoms with van der Waals surface area (Å²) in [5.41, 5.74) is 2.64. The van der Waals surface area contributed by atoms with Crippen LogP contribution in [0.4, 0.5) is 0 Å². The summed E-state index contributed by atoms with van der Waals surface area (Å²) in [5.74, 6) is -0.523. The van der Waals surface area contributed by atoms with E-state index in [9.17, 15) is 14.4 Å². The third kappa shape index (κ3) is 6.49. The van der Waals surface area contributed by atoms with Gasteiger partial charge in [-0.25, -0.2) is 4.79 Å². The molecule has 1 aliphatic heterocycles. The van der Waals surface area contributed by atoms with Gasteiger partial charge in [-0.1, -0.05) is 42.5 Å². The van der Waals surface area contributed by atoms with E-state index in [-0.39, 0.29) is 24.1 Å². The number of nitrogens with zero attached hydrogens (tertiary/aromatic N) is 2. The summed E-state index contributed by atoms with van der Waals surface area (Å²) >= 11 is 0. The smallest absolute Gasteiger partial charge is 0.338 e. The summed E-state index contributed by atoms with van der Waals surface area (Å²) in [4.78, 5) is 39.7. The van der Waals surface area contributed by atoms with Crippen LogP contribution >= 0.6 is 0 Å². The monoisotopic (exact) mass is 488 g/mol. The van der Waals surface area contributed by atoms with E-state index in [0.29, 0.717) is 24.3 Å². The van der Waals surface area contributed by atoms with E-state index < -0.39 is 5.97 Å². The maximum atomic E-state index is 13.1. The molecule has 0 aliphatic carbocycles. The van der Waals surface area contributed by atoms with Crippen molar-refractivity contribution in [1.82, 2.24) is 9.47 Å². The number of pyridine rings is 1. The molecule has 1 saturated heterocycles. The van der Waals surface area contributed by atoms with E-state index in [4.69, 9.17) is 9.47 Å². The SMILES string of the molecule is CCOC(=O)C1CCN(CCn2cccc(-c3ccc(C(=O)OCc4ccccc4)cc3)c2=O)CC1. The number of ether oxygens (including phenoxy) is 2. The van der Waals surface area contributed by atoms with Crippen molar-refractivity contribution in [3.8, 4) is 11.1 Å². The van der Waals surface area contributed by atoms with Crippen molar-refractivity contribution in [3.63, 3.8) is 0 Å². The molecule has 2 heterocycles. The second-order valence-electron chi connectivity index (χ2n) is 8.93. The van der Waals surface area contributed by atoms with E-state index in [0.717, 1.165) is 43.6 Å². The Morgan fingerprint density at radius 1 is 0.889 bits per heavy atom. The number of rotatable bonds is 9. The summed E-state index contributed by atoms with van der Waals surface area (Å²) in [5, 5.41) is 0. The first kappa shape index (κ1) is 25.4. The van der Waals surface area contributed by atoms with E-state index in [1.54, 1.807) is 41.1 Å². The Morgan fingerprint density at radius 2 is 1.61 bits per heavy atom. The molecule has 1 aromatic heterocycles. The molecule has 0 amide bonds. The molecule has 0 unspecified atom stereocenters. The van der Waals surface area contributed by atoms with Crippen LogP contribution in [-0.4, -0.2) is 47.6 Å². The van der Waals surface area contributed by atoms with Crippen LogP contribution in [0, 0.1) is 5.92 Å². The lowest BCUT2D eigenvalue weighted by atomic mass is 9.97.